The molecule has 0 spiro atoms. The third kappa shape index (κ3) is 5.60. The van der Waals surface area contributed by atoms with Gasteiger partial charge in [0.1, 0.15) is 29.5 Å². The van der Waals surface area contributed by atoms with Crippen LogP contribution in [-0.2, 0) is 24.1 Å². The summed E-state index contributed by atoms with van der Waals surface area (Å²) < 4.78 is 32.5. The lowest BCUT2D eigenvalue weighted by atomic mass is 9.91. The van der Waals surface area contributed by atoms with Crippen molar-refractivity contribution in [3.8, 4) is 5.75 Å². The van der Waals surface area contributed by atoms with Crippen LogP contribution < -0.4 is 4.74 Å². The molecule has 1 amide bonds. The van der Waals surface area contributed by atoms with Gasteiger partial charge in [-0.3, -0.25) is 9.59 Å². The second kappa shape index (κ2) is 9.63. The number of carbonyl (C=O) groups is 2. The van der Waals surface area contributed by atoms with Crippen LogP contribution in [0.3, 0.4) is 0 Å². The van der Waals surface area contributed by atoms with Crippen molar-refractivity contribution in [3.05, 3.63) is 101 Å². The molecule has 0 aliphatic carbocycles. The molecule has 176 valence electrons. The summed E-state index contributed by atoms with van der Waals surface area (Å²) >= 11 is 0. The monoisotopic (exact) mass is 465 g/mol. The van der Waals surface area contributed by atoms with E-state index in [1.165, 1.54) is 29.2 Å². The van der Waals surface area contributed by atoms with E-state index in [9.17, 15) is 23.5 Å². The first kappa shape index (κ1) is 23.4. The van der Waals surface area contributed by atoms with Gasteiger partial charge >= 0.3 is 5.97 Å². The number of halogens is 2. The van der Waals surface area contributed by atoms with Crippen LogP contribution >= 0.6 is 0 Å². The van der Waals surface area contributed by atoms with Crippen molar-refractivity contribution in [3.63, 3.8) is 0 Å². The largest absolute Gasteiger partial charge is 0.487 e. The Morgan fingerprint density at radius 3 is 2.21 bits per heavy atom. The third-order valence-electron chi connectivity index (χ3n) is 5.92. The van der Waals surface area contributed by atoms with Crippen LogP contribution in [0.4, 0.5) is 8.78 Å². The molecule has 4 rings (SSSR count). The first-order chi connectivity index (χ1) is 16.2. The molecule has 1 heterocycles. The Bertz CT molecular complexity index is 1190. The number of nitrogens with zero attached hydrogens (tertiary/aromatic N) is 1. The smallest absolute Gasteiger partial charge is 0.323 e. The Balaban J connectivity index is 1.47. The zero-order chi connectivity index (χ0) is 24.3. The maximum Gasteiger partial charge on any atom is 0.323 e. The number of hydrogen-bond acceptors (Lipinski definition) is 3. The molecule has 3 aromatic rings. The van der Waals surface area contributed by atoms with Gasteiger partial charge < -0.3 is 14.7 Å². The minimum atomic E-state index is -1.11. The Morgan fingerprint density at radius 1 is 0.971 bits per heavy atom. The third-order valence-corrected chi connectivity index (χ3v) is 5.92. The van der Waals surface area contributed by atoms with E-state index < -0.39 is 18.1 Å². The van der Waals surface area contributed by atoms with Gasteiger partial charge in [0.05, 0.1) is 0 Å². The fourth-order valence-corrected chi connectivity index (χ4v) is 4.30. The highest BCUT2D eigenvalue weighted by Crippen LogP contribution is 2.37. The number of rotatable bonds is 8. The molecule has 0 fully saturated rings. The summed E-state index contributed by atoms with van der Waals surface area (Å²) in [6.45, 7) is 1.72. The van der Waals surface area contributed by atoms with Crippen molar-refractivity contribution in [1.29, 1.82) is 0 Å². The summed E-state index contributed by atoms with van der Waals surface area (Å²) in [7, 11) is 0. The van der Waals surface area contributed by atoms with Crippen LogP contribution in [0.15, 0.2) is 66.7 Å². The molecule has 1 aliphatic rings. The molecular weight excluding hydrogens is 440 g/mol. The van der Waals surface area contributed by atoms with Gasteiger partial charge in [-0.25, -0.2) is 8.78 Å². The van der Waals surface area contributed by atoms with Crippen LogP contribution in [0.2, 0.25) is 0 Å². The predicted octanol–water partition coefficient (Wildman–Crippen LogP) is 4.67. The first-order valence-electron chi connectivity index (χ1n) is 11.0. The first-order valence-corrected chi connectivity index (χ1v) is 11.0. The van der Waals surface area contributed by atoms with Gasteiger partial charge in [0.25, 0.3) is 5.91 Å². The molecule has 0 unspecified atom stereocenters. The highest BCUT2D eigenvalue weighted by molar-refractivity contribution is 5.96. The molecule has 0 aromatic heterocycles. The summed E-state index contributed by atoms with van der Waals surface area (Å²) in [6.07, 6.45) is 1.55. The number of hydrogen-bond donors (Lipinski definition) is 1. The van der Waals surface area contributed by atoms with Gasteiger partial charge in [0.2, 0.25) is 0 Å². The van der Waals surface area contributed by atoms with Crippen LogP contribution in [0.25, 0.3) is 0 Å². The number of carbonyl (C=O) groups excluding carboxylic acids is 1. The van der Waals surface area contributed by atoms with E-state index in [-0.39, 0.29) is 24.1 Å². The molecular formula is C27H25F2NO4. The average Bonchev–Trinajstić information content (AvgIpc) is 3.13. The van der Waals surface area contributed by atoms with Crippen molar-refractivity contribution in [2.24, 2.45) is 0 Å². The van der Waals surface area contributed by atoms with E-state index in [1.807, 2.05) is 6.92 Å². The van der Waals surface area contributed by atoms with Crippen LogP contribution in [-0.4, -0.2) is 40.6 Å². The lowest BCUT2D eigenvalue weighted by Gasteiger charge is -2.24. The number of fused-ring (bicyclic) bond motifs is 1. The van der Waals surface area contributed by atoms with Gasteiger partial charge in [-0.2, -0.15) is 0 Å². The normalized spacial score (nSPS) is 16.6. The molecule has 1 atom stereocenters. The van der Waals surface area contributed by atoms with E-state index in [0.717, 1.165) is 16.7 Å². The molecule has 0 saturated carbocycles. The molecule has 7 heteroatoms. The maximum atomic E-state index is 13.2. The summed E-state index contributed by atoms with van der Waals surface area (Å²) in [5, 5.41) is 9.31. The predicted molar refractivity (Wildman–Crippen MR) is 123 cm³/mol. The maximum absolute atomic E-state index is 13.2. The molecule has 0 bridgehead atoms. The number of amides is 1. The summed E-state index contributed by atoms with van der Waals surface area (Å²) in [5.41, 5.74) is 2.47. The lowest BCUT2D eigenvalue weighted by Crippen LogP contribution is -2.37. The van der Waals surface area contributed by atoms with E-state index in [0.29, 0.717) is 30.6 Å². The summed E-state index contributed by atoms with van der Waals surface area (Å²) in [4.78, 5) is 25.8. The van der Waals surface area contributed by atoms with Gasteiger partial charge in [-0.15, -0.1) is 0 Å². The number of carboxylic acids is 1. The zero-order valence-electron chi connectivity index (χ0n) is 18.8. The fraction of sp³-hybridized carbons (Fsp3) is 0.259. The minimum absolute atomic E-state index is 0.187. The van der Waals surface area contributed by atoms with E-state index in [1.54, 1.807) is 42.5 Å². The van der Waals surface area contributed by atoms with Gasteiger partial charge in [-0.05, 0) is 72.5 Å². The van der Waals surface area contributed by atoms with Crippen LogP contribution in [0, 0.1) is 11.6 Å². The zero-order valence-corrected chi connectivity index (χ0v) is 18.8. The second-order valence-electron chi connectivity index (χ2n) is 8.85. The topological polar surface area (TPSA) is 66.8 Å². The highest BCUT2D eigenvalue weighted by atomic mass is 19.1. The molecule has 0 radical (unpaired) electrons. The lowest BCUT2D eigenvalue weighted by molar-refractivity contribution is -0.137. The minimum Gasteiger partial charge on any atom is -0.487 e. The molecule has 34 heavy (non-hydrogen) atoms. The van der Waals surface area contributed by atoms with Gasteiger partial charge in [-0.1, -0.05) is 24.3 Å². The van der Waals surface area contributed by atoms with Crippen molar-refractivity contribution in [1.82, 2.24) is 4.90 Å². The highest BCUT2D eigenvalue weighted by Gasteiger charge is 2.35. The Morgan fingerprint density at radius 2 is 1.59 bits per heavy atom. The molecule has 1 aliphatic heterocycles. The Labute approximate surface area is 196 Å². The Hall–Kier alpha value is -3.74. The number of benzene rings is 3. The van der Waals surface area contributed by atoms with E-state index >= 15 is 0 Å². The fourth-order valence-electron chi connectivity index (χ4n) is 4.30. The Kier molecular flexibility index (Phi) is 6.63. The molecule has 5 nitrogen and oxygen atoms in total. The molecule has 3 aromatic carbocycles. The van der Waals surface area contributed by atoms with Crippen LogP contribution in [0.5, 0.6) is 5.75 Å². The quantitative estimate of drug-likeness (QED) is 0.525. The van der Waals surface area contributed by atoms with Gasteiger partial charge in [0.15, 0.2) is 0 Å². The number of ether oxygens (including phenoxy) is 1. The molecule has 1 N–H and O–H groups in total. The SMILES string of the molecule is C[C@@]1(Cc2ccc(F)cc2)Cc2cc(C(=O)N(CCc3ccc(F)cc3)CC(=O)O)ccc2O1. The van der Waals surface area contributed by atoms with E-state index in [4.69, 9.17) is 4.74 Å². The number of aliphatic carboxylic acids is 1. The second-order valence-corrected chi connectivity index (χ2v) is 8.85. The average molecular weight is 465 g/mol. The summed E-state index contributed by atoms with van der Waals surface area (Å²) in [6, 6.07) is 17.3. The van der Waals surface area contributed by atoms with Crippen molar-refractivity contribution in [2.45, 2.75) is 31.8 Å². The van der Waals surface area contributed by atoms with E-state index in [2.05, 4.69) is 0 Å². The summed E-state index contributed by atoms with van der Waals surface area (Å²) in [5.74, 6) is -1.47. The number of carboxylic acid groups (broad SMARTS) is 1. The van der Waals surface area contributed by atoms with Crippen LogP contribution in [0.1, 0.15) is 34.0 Å². The molecule has 0 saturated heterocycles. The van der Waals surface area contributed by atoms with Crippen molar-refractivity contribution >= 4 is 11.9 Å². The van der Waals surface area contributed by atoms with Gasteiger partial charge in [0, 0.05) is 24.9 Å². The van der Waals surface area contributed by atoms with Crippen molar-refractivity contribution < 1.29 is 28.2 Å². The van der Waals surface area contributed by atoms with Crippen molar-refractivity contribution in [2.75, 3.05) is 13.1 Å². The standard InChI is InChI=1S/C27H25F2NO4/c1-27(15-19-4-9-23(29)10-5-19)16-21-14-20(6-11-24(21)34-27)26(33)30(17-25(31)32)13-12-18-2-7-22(28)8-3-18/h2-11,14H,12-13,15-17H2,1H3,(H,31,32)/t27-/m1/s1.